The fourth-order valence-electron chi connectivity index (χ4n) is 2.14. The number of halogens is 1. The van der Waals surface area contributed by atoms with Gasteiger partial charge in [-0.15, -0.1) is 0 Å². The van der Waals surface area contributed by atoms with Crippen molar-refractivity contribution in [3.63, 3.8) is 0 Å². The summed E-state index contributed by atoms with van der Waals surface area (Å²) in [7, 11) is 0. The second-order valence-electron chi connectivity index (χ2n) is 4.86. The second-order valence-corrected chi connectivity index (χ2v) is 5.66. The van der Waals surface area contributed by atoms with Gasteiger partial charge in [-0.1, -0.05) is 54.5 Å². The van der Waals surface area contributed by atoms with Crippen molar-refractivity contribution in [2.45, 2.75) is 57.8 Å². The lowest BCUT2D eigenvalue weighted by molar-refractivity contribution is -0.116. The molecule has 0 aliphatic heterocycles. The lowest BCUT2D eigenvalue weighted by atomic mass is 9.97. The van der Waals surface area contributed by atoms with Gasteiger partial charge in [0, 0.05) is 17.7 Å². The molecule has 101 valence electrons. The van der Waals surface area contributed by atoms with Gasteiger partial charge < -0.3 is 0 Å². The molecule has 1 aliphatic carbocycles. The fraction of sp³-hybridized carbons (Fsp3) is 0.625. The number of hydrogen-bond donors (Lipinski definition) is 0. The van der Waals surface area contributed by atoms with E-state index in [2.05, 4.69) is 15.9 Å². The van der Waals surface area contributed by atoms with E-state index in [-0.39, 0.29) is 0 Å². The van der Waals surface area contributed by atoms with Crippen LogP contribution >= 0.6 is 15.9 Å². The van der Waals surface area contributed by atoms with E-state index in [0.29, 0.717) is 12.2 Å². The topological polar surface area (TPSA) is 17.1 Å². The predicted molar refractivity (Wildman–Crippen MR) is 80.8 cm³/mol. The number of carbonyl (C=O) groups excluding carboxylic acids is 1. The Morgan fingerprint density at radius 1 is 0.833 bits per heavy atom. The number of hydrogen-bond acceptors (Lipinski definition) is 1. The Kier molecular flexibility index (Phi) is 9.92. The molecule has 0 saturated heterocycles. The molecule has 0 bridgehead atoms. The van der Waals surface area contributed by atoms with E-state index in [1.54, 1.807) is 0 Å². The monoisotopic (exact) mass is 311 g/mol. The minimum atomic E-state index is 0.303. The number of rotatable bonds is 11. The molecule has 1 nitrogen and oxygen atoms in total. The lowest BCUT2D eigenvalue weighted by Gasteiger charge is -2.06. The Morgan fingerprint density at radius 3 is 1.89 bits per heavy atom. The molecule has 1 fully saturated rings. The summed E-state index contributed by atoms with van der Waals surface area (Å²) in [4.78, 5) is 11.7. The normalized spacial score (nSPS) is 16.3. The summed E-state index contributed by atoms with van der Waals surface area (Å²) in [5, 5.41) is 1.14. The van der Waals surface area contributed by atoms with E-state index < -0.39 is 0 Å². The zero-order chi connectivity index (χ0) is 13.1. The molecular formula is C16H24BrO. The van der Waals surface area contributed by atoms with Crippen molar-refractivity contribution in [3.05, 3.63) is 31.6 Å². The van der Waals surface area contributed by atoms with Crippen molar-refractivity contribution < 1.29 is 4.79 Å². The maximum Gasteiger partial charge on any atom is 0.140 e. The molecule has 18 heavy (non-hydrogen) atoms. The molecule has 0 N–H and O–H groups in total. The molecule has 0 spiro atoms. The molecule has 0 aromatic heterocycles. The van der Waals surface area contributed by atoms with Crippen LogP contribution in [0.25, 0.3) is 0 Å². The molecule has 0 heterocycles. The van der Waals surface area contributed by atoms with Gasteiger partial charge in [-0.25, -0.2) is 0 Å². The Morgan fingerprint density at radius 2 is 1.33 bits per heavy atom. The summed E-state index contributed by atoms with van der Waals surface area (Å²) in [6, 6.07) is 0. The smallest absolute Gasteiger partial charge is 0.140 e. The summed E-state index contributed by atoms with van der Waals surface area (Å²) in [6.07, 6.45) is 18.6. The maximum absolute atomic E-state index is 11.7. The van der Waals surface area contributed by atoms with Crippen molar-refractivity contribution in [3.8, 4) is 0 Å². The third-order valence-corrected chi connectivity index (χ3v) is 3.83. The number of alkyl halides is 1. The van der Waals surface area contributed by atoms with Crippen LogP contribution in [0.1, 0.15) is 57.8 Å². The van der Waals surface area contributed by atoms with Crippen LogP contribution in [-0.2, 0) is 4.79 Å². The van der Waals surface area contributed by atoms with Crippen LogP contribution in [0.2, 0.25) is 0 Å². The van der Waals surface area contributed by atoms with Gasteiger partial charge >= 0.3 is 0 Å². The van der Waals surface area contributed by atoms with Gasteiger partial charge in [-0.2, -0.15) is 0 Å². The predicted octanol–water partition coefficient (Wildman–Crippen LogP) is 4.87. The molecule has 0 aromatic rings. The average molecular weight is 312 g/mol. The van der Waals surface area contributed by atoms with Crippen LogP contribution in [-0.4, -0.2) is 11.1 Å². The first kappa shape index (κ1) is 16.2. The molecule has 1 rings (SSSR count). The van der Waals surface area contributed by atoms with Crippen molar-refractivity contribution in [1.82, 2.24) is 0 Å². The molecule has 1 aliphatic rings. The average Bonchev–Trinajstić information content (AvgIpc) is 2.90. The van der Waals surface area contributed by atoms with Crippen molar-refractivity contribution in [1.29, 1.82) is 0 Å². The second kappa shape index (κ2) is 11.0. The maximum atomic E-state index is 11.7. The van der Waals surface area contributed by atoms with Gasteiger partial charge in [0.05, 0.1) is 0 Å². The summed E-state index contributed by atoms with van der Waals surface area (Å²) in [6.45, 7) is 0. The third-order valence-electron chi connectivity index (χ3n) is 3.27. The van der Waals surface area contributed by atoms with Gasteiger partial charge in [0.1, 0.15) is 5.78 Å². The standard InChI is InChI=1S/C16H24BrO/c17-14-10-6-4-2-1-3-5-7-13-16(18)15-11-8-9-12-15/h8-9,11-12H,1-7,10,13-14H2. The number of unbranched alkanes of at least 4 members (excludes halogenated alkanes) is 7. The first-order chi connectivity index (χ1) is 8.84. The Labute approximate surface area is 121 Å². The number of carbonyl (C=O) groups is 1. The highest BCUT2D eigenvalue weighted by atomic mass is 79.9. The van der Waals surface area contributed by atoms with E-state index in [9.17, 15) is 4.79 Å². The SMILES string of the molecule is O=C(CCCCCCCCCCBr)[C]1[CH][CH][CH][CH]1. The van der Waals surface area contributed by atoms with Crippen LogP contribution in [0.4, 0.5) is 0 Å². The fourth-order valence-corrected chi connectivity index (χ4v) is 2.54. The van der Waals surface area contributed by atoms with Crippen molar-refractivity contribution in [2.75, 3.05) is 5.33 Å². The van der Waals surface area contributed by atoms with Crippen LogP contribution in [0.5, 0.6) is 0 Å². The Bertz CT molecular complexity index is 209. The molecule has 0 atom stereocenters. The first-order valence-electron chi connectivity index (χ1n) is 7.15. The summed E-state index contributed by atoms with van der Waals surface area (Å²) >= 11 is 3.45. The quantitative estimate of drug-likeness (QED) is 0.393. The van der Waals surface area contributed by atoms with Crippen LogP contribution in [0.3, 0.4) is 0 Å². The lowest BCUT2D eigenvalue weighted by Crippen LogP contribution is -2.08. The zero-order valence-corrected chi connectivity index (χ0v) is 12.8. The van der Waals surface area contributed by atoms with Crippen LogP contribution in [0.15, 0.2) is 0 Å². The highest BCUT2D eigenvalue weighted by molar-refractivity contribution is 9.09. The van der Waals surface area contributed by atoms with Gasteiger partial charge in [-0.3, -0.25) is 4.79 Å². The summed E-state index contributed by atoms with van der Waals surface area (Å²) < 4.78 is 0. The molecule has 2 heteroatoms. The van der Waals surface area contributed by atoms with Gasteiger partial charge in [0.25, 0.3) is 0 Å². The summed E-state index contributed by atoms with van der Waals surface area (Å²) in [5.74, 6) is 1.18. The highest BCUT2D eigenvalue weighted by Gasteiger charge is 2.23. The molecule has 0 aromatic carbocycles. The van der Waals surface area contributed by atoms with Gasteiger partial charge in [-0.05, 0) is 38.5 Å². The number of Topliss-reactive ketones (excluding diaryl/α,β-unsaturated/α-hetero) is 1. The van der Waals surface area contributed by atoms with Crippen LogP contribution < -0.4 is 0 Å². The molecular weight excluding hydrogens is 288 g/mol. The Balaban J connectivity index is 1.82. The number of ketones is 1. The van der Waals surface area contributed by atoms with Crippen LogP contribution in [0, 0.1) is 31.6 Å². The minimum absolute atomic E-state index is 0.303. The van der Waals surface area contributed by atoms with E-state index in [1.165, 1.54) is 44.9 Å². The largest absolute Gasteiger partial charge is 0.299 e. The van der Waals surface area contributed by atoms with E-state index in [0.717, 1.165) is 17.7 Å². The molecule has 1 saturated carbocycles. The van der Waals surface area contributed by atoms with E-state index in [1.807, 2.05) is 25.7 Å². The minimum Gasteiger partial charge on any atom is -0.299 e. The molecule has 0 unspecified atom stereocenters. The zero-order valence-electron chi connectivity index (χ0n) is 11.2. The Hall–Kier alpha value is 0.150. The molecule has 5 radical (unpaired) electrons. The van der Waals surface area contributed by atoms with E-state index in [4.69, 9.17) is 0 Å². The molecule has 0 amide bonds. The van der Waals surface area contributed by atoms with Gasteiger partial charge in [0.15, 0.2) is 0 Å². The summed E-state index contributed by atoms with van der Waals surface area (Å²) in [5.41, 5.74) is 0. The highest BCUT2D eigenvalue weighted by Crippen LogP contribution is 2.25. The first-order valence-corrected chi connectivity index (χ1v) is 8.27. The van der Waals surface area contributed by atoms with Crippen molar-refractivity contribution in [2.24, 2.45) is 0 Å². The van der Waals surface area contributed by atoms with Gasteiger partial charge in [0.2, 0.25) is 0 Å². The van der Waals surface area contributed by atoms with E-state index >= 15 is 0 Å². The third kappa shape index (κ3) is 7.56. The van der Waals surface area contributed by atoms with Crippen molar-refractivity contribution >= 4 is 21.7 Å².